The molecule has 0 unspecified atom stereocenters. The Morgan fingerprint density at radius 3 is 1.78 bits per heavy atom. The molecule has 0 aromatic heterocycles. The fraction of sp³-hybridized carbons (Fsp3) is 0.615. The van der Waals surface area contributed by atoms with Crippen LogP contribution in [0.1, 0.15) is 19.8 Å². The zero-order valence-electron chi connectivity index (χ0n) is 11.2. The molecule has 0 aromatic carbocycles. The number of hydrogen-bond acceptors (Lipinski definition) is 4. The number of hydrogen-bond donors (Lipinski definition) is 2. The van der Waals surface area contributed by atoms with Gasteiger partial charge in [-0.1, -0.05) is 11.8 Å². The lowest BCUT2D eigenvalue weighted by molar-refractivity contribution is 0.124. The standard InChI is InChI=1S/C8H10O2.C5H11NO2/c9-7-5-3-1-2-4-6-8-10;1-4-8-5(7)6(2)3/h9-10H,5-8H2;4H2,1-3H3. The highest BCUT2D eigenvalue weighted by Gasteiger charge is 1.99. The molecule has 1 amide bonds. The molecule has 0 aromatic rings. The first kappa shape index (κ1) is 18.7. The predicted molar refractivity (Wildman–Crippen MR) is 69.7 cm³/mol. The molecule has 0 saturated heterocycles. The van der Waals surface area contributed by atoms with Gasteiger partial charge in [-0.05, 0) is 18.8 Å². The van der Waals surface area contributed by atoms with Crippen molar-refractivity contribution in [1.82, 2.24) is 4.90 Å². The molecule has 0 heterocycles. The summed E-state index contributed by atoms with van der Waals surface area (Å²) in [5.74, 6) is 10.4. The Balaban J connectivity index is 0. The lowest BCUT2D eigenvalue weighted by Crippen LogP contribution is -2.22. The van der Waals surface area contributed by atoms with Crippen molar-refractivity contribution in [1.29, 1.82) is 0 Å². The Bertz CT molecular complexity index is 295. The summed E-state index contributed by atoms with van der Waals surface area (Å²) in [5.41, 5.74) is 0. The van der Waals surface area contributed by atoms with E-state index in [4.69, 9.17) is 10.2 Å². The monoisotopic (exact) mass is 255 g/mol. The van der Waals surface area contributed by atoms with E-state index in [9.17, 15) is 4.79 Å². The minimum absolute atomic E-state index is 0.0781. The average molecular weight is 255 g/mol. The first-order chi connectivity index (χ1) is 8.59. The molecule has 5 nitrogen and oxygen atoms in total. The molecular formula is C13H21NO4. The smallest absolute Gasteiger partial charge is 0.409 e. The van der Waals surface area contributed by atoms with Gasteiger partial charge in [0, 0.05) is 26.9 Å². The zero-order valence-corrected chi connectivity index (χ0v) is 11.2. The molecule has 18 heavy (non-hydrogen) atoms. The molecule has 0 atom stereocenters. The third-order valence-corrected chi connectivity index (χ3v) is 1.35. The van der Waals surface area contributed by atoms with Gasteiger partial charge in [0.2, 0.25) is 0 Å². The van der Waals surface area contributed by atoms with E-state index < -0.39 is 0 Å². The van der Waals surface area contributed by atoms with E-state index in [2.05, 4.69) is 28.4 Å². The second-order valence-corrected chi connectivity index (χ2v) is 3.14. The topological polar surface area (TPSA) is 70.0 Å². The van der Waals surface area contributed by atoms with Gasteiger partial charge in [0.1, 0.15) is 0 Å². The second kappa shape index (κ2) is 15.3. The van der Waals surface area contributed by atoms with Gasteiger partial charge in [0.15, 0.2) is 0 Å². The van der Waals surface area contributed by atoms with Crippen LogP contribution in [0.2, 0.25) is 0 Å². The highest BCUT2D eigenvalue weighted by Crippen LogP contribution is 1.82. The molecule has 0 bridgehead atoms. The summed E-state index contributed by atoms with van der Waals surface area (Å²) in [6.45, 7) is 2.38. The van der Waals surface area contributed by atoms with Crippen molar-refractivity contribution in [2.24, 2.45) is 0 Å². The Hall–Kier alpha value is -1.69. The van der Waals surface area contributed by atoms with E-state index in [1.54, 1.807) is 21.0 Å². The summed E-state index contributed by atoms with van der Waals surface area (Å²) in [6.07, 6.45) is 0.647. The molecule has 0 aliphatic carbocycles. The van der Waals surface area contributed by atoms with Crippen LogP contribution < -0.4 is 0 Å². The maximum Gasteiger partial charge on any atom is 0.409 e. The van der Waals surface area contributed by atoms with Gasteiger partial charge < -0.3 is 19.8 Å². The number of carbonyl (C=O) groups excluding carboxylic acids is 1. The summed E-state index contributed by atoms with van der Waals surface area (Å²) in [4.78, 5) is 11.8. The lowest BCUT2D eigenvalue weighted by atomic mass is 10.4. The van der Waals surface area contributed by atoms with E-state index in [0.717, 1.165) is 0 Å². The summed E-state index contributed by atoms with van der Waals surface area (Å²) >= 11 is 0. The van der Waals surface area contributed by atoms with Crippen LogP contribution in [0.5, 0.6) is 0 Å². The highest BCUT2D eigenvalue weighted by atomic mass is 16.5. The fourth-order valence-corrected chi connectivity index (χ4v) is 0.578. The zero-order chi connectivity index (χ0) is 14.2. The minimum atomic E-state index is -0.285. The summed E-state index contributed by atoms with van der Waals surface area (Å²) in [6, 6.07) is 0. The Kier molecular flexibility index (Phi) is 15.9. The van der Waals surface area contributed by atoms with Crippen LogP contribution in [0, 0.1) is 23.7 Å². The SMILES string of the molecule is CCOC(=O)N(C)C.OCCC#CC#CCCO. The third-order valence-electron chi connectivity index (χ3n) is 1.35. The molecule has 102 valence electrons. The number of aliphatic hydroxyl groups excluding tert-OH is 2. The van der Waals surface area contributed by atoms with Crippen molar-refractivity contribution in [3.8, 4) is 23.7 Å². The first-order valence-corrected chi connectivity index (χ1v) is 5.61. The molecule has 0 fully saturated rings. The molecule has 0 aliphatic heterocycles. The van der Waals surface area contributed by atoms with E-state index in [1.165, 1.54) is 4.90 Å². The minimum Gasteiger partial charge on any atom is -0.450 e. The maximum absolute atomic E-state index is 10.4. The Morgan fingerprint density at radius 1 is 1.11 bits per heavy atom. The number of carbonyl (C=O) groups is 1. The number of rotatable bonds is 3. The van der Waals surface area contributed by atoms with E-state index in [0.29, 0.717) is 19.4 Å². The number of aliphatic hydroxyl groups is 2. The number of amides is 1. The number of nitrogens with zero attached hydrogens (tertiary/aromatic N) is 1. The lowest BCUT2D eigenvalue weighted by Gasteiger charge is -2.07. The van der Waals surface area contributed by atoms with E-state index in [-0.39, 0.29) is 19.3 Å². The van der Waals surface area contributed by atoms with Gasteiger partial charge in [-0.2, -0.15) is 0 Å². The largest absolute Gasteiger partial charge is 0.450 e. The number of ether oxygens (including phenoxy) is 1. The van der Waals surface area contributed by atoms with Crippen LogP contribution in [0.25, 0.3) is 0 Å². The van der Waals surface area contributed by atoms with Crippen LogP contribution in [0.3, 0.4) is 0 Å². The highest BCUT2D eigenvalue weighted by molar-refractivity contribution is 5.66. The fourth-order valence-electron chi connectivity index (χ4n) is 0.578. The average Bonchev–Trinajstić information content (AvgIpc) is 2.35. The first-order valence-electron chi connectivity index (χ1n) is 5.61. The molecule has 5 heteroatoms. The molecule has 0 spiro atoms. The van der Waals surface area contributed by atoms with Gasteiger partial charge in [0.05, 0.1) is 19.8 Å². The Labute approximate surface area is 109 Å². The van der Waals surface area contributed by atoms with Crippen molar-refractivity contribution in [3.63, 3.8) is 0 Å². The summed E-state index contributed by atoms with van der Waals surface area (Å²) in [5, 5.41) is 16.6. The Morgan fingerprint density at radius 2 is 1.56 bits per heavy atom. The van der Waals surface area contributed by atoms with Crippen LogP contribution in [-0.4, -0.2) is 55.1 Å². The molecular weight excluding hydrogens is 234 g/mol. The van der Waals surface area contributed by atoms with Gasteiger partial charge in [-0.3, -0.25) is 0 Å². The van der Waals surface area contributed by atoms with Crippen molar-refractivity contribution in [2.75, 3.05) is 33.9 Å². The molecule has 2 N–H and O–H groups in total. The van der Waals surface area contributed by atoms with Crippen LogP contribution in [0.4, 0.5) is 4.79 Å². The summed E-state index contributed by atoms with van der Waals surface area (Å²) in [7, 11) is 3.30. The molecule has 0 saturated carbocycles. The van der Waals surface area contributed by atoms with Gasteiger partial charge in [-0.15, -0.1) is 0 Å². The van der Waals surface area contributed by atoms with Gasteiger partial charge in [-0.25, -0.2) is 4.79 Å². The maximum atomic E-state index is 10.4. The second-order valence-electron chi connectivity index (χ2n) is 3.14. The molecule has 0 rings (SSSR count). The van der Waals surface area contributed by atoms with Gasteiger partial charge in [0.25, 0.3) is 0 Å². The van der Waals surface area contributed by atoms with Crippen LogP contribution in [0.15, 0.2) is 0 Å². The normalized spacial score (nSPS) is 7.61. The predicted octanol–water partition coefficient (Wildman–Crippen LogP) is 0.463. The quantitative estimate of drug-likeness (QED) is 0.719. The van der Waals surface area contributed by atoms with Crippen molar-refractivity contribution in [3.05, 3.63) is 0 Å². The third kappa shape index (κ3) is 16.7. The van der Waals surface area contributed by atoms with Crippen molar-refractivity contribution < 1.29 is 19.7 Å². The van der Waals surface area contributed by atoms with Crippen LogP contribution in [-0.2, 0) is 4.74 Å². The molecule has 0 aliphatic rings. The van der Waals surface area contributed by atoms with Crippen LogP contribution >= 0.6 is 0 Å². The van der Waals surface area contributed by atoms with Gasteiger partial charge >= 0.3 is 6.09 Å². The van der Waals surface area contributed by atoms with E-state index >= 15 is 0 Å². The van der Waals surface area contributed by atoms with Crippen molar-refractivity contribution >= 4 is 6.09 Å². The van der Waals surface area contributed by atoms with Crippen molar-refractivity contribution in [2.45, 2.75) is 19.8 Å². The van der Waals surface area contributed by atoms with E-state index in [1.807, 2.05) is 0 Å². The molecule has 0 radical (unpaired) electrons. The summed E-state index contributed by atoms with van der Waals surface area (Å²) < 4.78 is 4.59.